The molecule has 128 valence electrons. The number of hydrogen-bond donors (Lipinski definition) is 0. The van der Waals surface area contributed by atoms with Crippen LogP contribution >= 0.6 is 11.6 Å². The van der Waals surface area contributed by atoms with Crippen molar-refractivity contribution in [3.8, 4) is 0 Å². The van der Waals surface area contributed by atoms with E-state index in [-0.39, 0.29) is 0 Å². The molecule has 0 atom stereocenters. The smallest absolute Gasteiger partial charge is 0.152 e. The first-order valence-corrected chi connectivity index (χ1v) is 9.12. The van der Waals surface area contributed by atoms with Gasteiger partial charge in [0.05, 0.1) is 5.02 Å². The van der Waals surface area contributed by atoms with Crippen LogP contribution in [0.2, 0.25) is 5.02 Å². The summed E-state index contributed by atoms with van der Waals surface area (Å²) in [5.74, 6) is 0. The second-order valence-corrected chi connectivity index (χ2v) is 6.88. The molecular formula is C22H22ClNO. The largest absolute Gasteiger partial charge is 0.298 e. The van der Waals surface area contributed by atoms with Gasteiger partial charge in [0.2, 0.25) is 0 Å². The zero-order valence-electron chi connectivity index (χ0n) is 14.2. The molecule has 0 aliphatic heterocycles. The Morgan fingerprint density at radius 3 is 2.24 bits per heavy atom. The summed E-state index contributed by atoms with van der Waals surface area (Å²) in [4.78, 5) is 15.1. The van der Waals surface area contributed by atoms with E-state index in [0.29, 0.717) is 16.6 Å². The van der Waals surface area contributed by atoms with Crippen molar-refractivity contribution in [2.75, 3.05) is 0 Å². The molecule has 0 saturated heterocycles. The van der Waals surface area contributed by atoms with Crippen LogP contribution < -0.4 is 0 Å². The SMILES string of the molecule is C=NC1CCCCC1.O=Cc1c(Cl)ccc2cc3ccccc3cc12. The number of carbonyl (C=O) groups is 1. The van der Waals surface area contributed by atoms with Crippen molar-refractivity contribution >= 4 is 46.1 Å². The first kappa shape index (κ1) is 17.6. The summed E-state index contributed by atoms with van der Waals surface area (Å²) in [5, 5.41) is 4.73. The van der Waals surface area contributed by atoms with Gasteiger partial charge in [0.15, 0.2) is 6.29 Å². The minimum Gasteiger partial charge on any atom is -0.298 e. The lowest BCUT2D eigenvalue weighted by atomic mass is 9.96. The third-order valence-electron chi connectivity index (χ3n) is 4.83. The van der Waals surface area contributed by atoms with Crippen molar-refractivity contribution in [1.82, 2.24) is 0 Å². The summed E-state index contributed by atoms with van der Waals surface area (Å²) in [7, 11) is 0. The number of hydrogen-bond acceptors (Lipinski definition) is 2. The fourth-order valence-corrected chi connectivity index (χ4v) is 3.60. The van der Waals surface area contributed by atoms with Crippen LogP contribution in [0.25, 0.3) is 21.5 Å². The molecule has 1 saturated carbocycles. The Bertz CT molecular complexity index is 897. The Kier molecular flexibility index (Phi) is 5.83. The van der Waals surface area contributed by atoms with E-state index < -0.39 is 0 Å². The van der Waals surface area contributed by atoms with Crippen molar-refractivity contribution in [1.29, 1.82) is 0 Å². The second-order valence-electron chi connectivity index (χ2n) is 6.47. The standard InChI is InChI=1S/C15H9ClO.C7H13N/c16-15-6-5-12-7-10-3-1-2-4-11(10)8-13(12)14(15)9-17;1-8-7-5-3-2-4-6-7/h1-9H;7H,1-6H2. The number of rotatable bonds is 2. The Hall–Kier alpha value is -2.19. The molecule has 3 aromatic carbocycles. The van der Waals surface area contributed by atoms with Crippen LogP contribution in [0, 0.1) is 0 Å². The first-order valence-electron chi connectivity index (χ1n) is 8.75. The number of aldehydes is 1. The number of aliphatic imine (C=N–C) groups is 1. The maximum absolute atomic E-state index is 11.1. The van der Waals surface area contributed by atoms with Crippen molar-refractivity contribution in [2.45, 2.75) is 38.1 Å². The highest BCUT2D eigenvalue weighted by Gasteiger charge is 2.09. The molecule has 3 aromatic rings. The summed E-state index contributed by atoms with van der Waals surface area (Å²) < 4.78 is 0. The summed E-state index contributed by atoms with van der Waals surface area (Å²) in [6.07, 6.45) is 7.52. The number of halogens is 1. The average Bonchev–Trinajstić information content (AvgIpc) is 2.67. The summed E-state index contributed by atoms with van der Waals surface area (Å²) in [6, 6.07) is 16.5. The highest BCUT2D eigenvalue weighted by atomic mass is 35.5. The lowest BCUT2D eigenvalue weighted by Gasteiger charge is -2.15. The van der Waals surface area contributed by atoms with Crippen LogP contribution in [0.3, 0.4) is 0 Å². The summed E-state index contributed by atoms with van der Waals surface area (Å²) >= 11 is 6.02. The van der Waals surface area contributed by atoms with Gasteiger partial charge < -0.3 is 0 Å². The molecule has 4 rings (SSSR count). The zero-order chi connectivity index (χ0) is 17.6. The van der Waals surface area contributed by atoms with Gasteiger partial charge in [0.1, 0.15) is 0 Å². The average molecular weight is 352 g/mol. The normalized spacial score (nSPS) is 14.8. The molecule has 0 spiro atoms. The van der Waals surface area contributed by atoms with Crippen molar-refractivity contribution in [2.24, 2.45) is 4.99 Å². The van der Waals surface area contributed by atoms with Gasteiger partial charge in [-0.1, -0.05) is 61.2 Å². The fourth-order valence-electron chi connectivity index (χ4n) is 3.39. The molecule has 0 N–H and O–H groups in total. The van der Waals surface area contributed by atoms with Gasteiger partial charge in [-0.25, -0.2) is 0 Å². The number of carbonyl (C=O) groups excluding carboxylic acids is 1. The molecular weight excluding hydrogens is 330 g/mol. The Morgan fingerprint density at radius 1 is 0.960 bits per heavy atom. The van der Waals surface area contributed by atoms with Crippen molar-refractivity contribution in [3.05, 3.63) is 59.1 Å². The maximum Gasteiger partial charge on any atom is 0.152 e. The lowest BCUT2D eigenvalue weighted by Crippen LogP contribution is -2.08. The molecule has 0 bridgehead atoms. The second kappa shape index (κ2) is 8.26. The molecule has 1 aliphatic rings. The molecule has 0 unspecified atom stereocenters. The van der Waals surface area contributed by atoms with Gasteiger partial charge in [-0.2, -0.15) is 0 Å². The minimum absolute atomic E-state index is 0.503. The Balaban J connectivity index is 0.000000192. The summed E-state index contributed by atoms with van der Waals surface area (Å²) in [5.41, 5.74) is 0.565. The van der Waals surface area contributed by atoms with Gasteiger partial charge in [-0.05, 0) is 59.3 Å². The van der Waals surface area contributed by atoms with E-state index >= 15 is 0 Å². The van der Waals surface area contributed by atoms with E-state index in [4.69, 9.17) is 11.6 Å². The topological polar surface area (TPSA) is 29.4 Å². The molecule has 0 heterocycles. The van der Waals surface area contributed by atoms with Gasteiger partial charge in [-0.3, -0.25) is 9.79 Å². The summed E-state index contributed by atoms with van der Waals surface area (Å²) in [6.45, 7) is 3.53. The first-order chi connectivity index (χ1) is 12.2. The number of benzene rings is 3. The number of fused-ring (bicyclic) bond motifs is 2. The molecule has 0 aromatic heterocycles. The minimum atomic E-state index is 0.503. The third-order valence-corrected chi connectivity index (χ3v) is 5.15. The quantitative estimate of drug-likeness (QED) is 0.295. The van der Waals surface area contributed by atoms with Crippen LogP contribution in [0.1, 0.15) is 42.5 Å². The molecule has 1 fully saturated rings. The van der Waals surface area contributed by atoms with E-state index in [2.05, 4.69) is 23.8 Å². The molecule has 1 aliphatic carbocycles. The predicted octanol–water partition coefficient (Wildman–Crippen LogP) is 6.48. The van der Waals surface area contributed by atoms with E-state index in [1.165, 1.54) is 37.5 Å². The maximum atomic E-state index is 11.1. The molecule has 2 nitrogen and oxygen atoms in total. The van der Waals surface area contributed by atoms with E-state index in [1.54, 1.807) is 6.07 Å². The third kappa shape index (κ3) is 4.08. The molecule has 3 heteroatoms. The number of nitrogens with zero attached hydrogens (tertiary/aromatic N) is 1. The highest BCUT2D eigenvalue weighted by molar-refractivity contribution is 6.34. The molecule has 0 radical (unpaired) electrons. The van der Waals surface area contributed by atoms with E-state index in [9.17, 15) is 4.79 Å². The van der Waals surface area contributed by atoms with E-state index in [0.717, 1.165) is 22.4 Å². The molecule has 25 heavy (non-hydrogen) atoms. The molecule has 0 amide bonds. The van der Waals surface area contributed by atoms with Crippen LogP contribution in [-0.2, 0) is 0 Å². The monoisotopic (exact) mass is 351 g/mol. The van der Waals surface area contributed by atoms with Crippen molar-refractivity contribution in [3.63, 3.8) is 0 Å². The van der Waals surface area contributed by atoms with Crippen LogP contribution in [0.4, 0.5) is 0 Å². The lowest BCUT2D eigenvalue weighted by molar-refractivity contribution is 0.112. The van der Waals surface area contributed by atoms with Gasteiger partial charge in [0, 0.05) is 11.6 Å². The van der Waals surface area contributed by atoms with Gasteiger partial charge in [0.25, 0.3) is 0 Å². The van der Waals surface area contributed by atoms with Crippen LogP contribution in [0.5, 0.6) is 0 Å². The Morgan fingerprint density at radius 2 is 1.64 bits per heavy atom. The Labute approximate surface area is 153 Å². The van der Waals surface area contributed by atoms with Crippen LogP contribution in [-0.4, -0.2) is 19.0 Å². The fraction of sp³-hybridized carbons (Fsp3) is 0.273. The van der Waals surface area contributed by atoms with Gasteiger partial charge in [-0.15, -0.1) is 0 Å². The van der Waals surface area contributed by atoms with E-state index in [1.807, 2.05) is 30.3 Å². The van der Waals surface area contributed by atoms with Crippen molar-refractivity contribution < 1.29 is 4.79 Å². The van der Waals surface area contributed by atoms with Crippen LogP contribution in [0.15, 0.2) is 53.5 Å². The predicted molar refractivity (Wildman–Crippen MR) is 108 cm³/mol. The van der Waals surface area contributed by atoms with Gasteiger partial charge >= 0.3 is 0 Å². The zero-order valence-corrected chi connectivity index (χ0v) is 15.0. The highest BCUT2D eigenvalue weighted by Crippen LogP contribution is 2.28.